The van der Waals surface area contributed by atoms with Crippen LogP contribution >= 0.6 is 0 Å². The fourth-order valence-electron chi connectivity index (χ4n) is 2.90. The van der Waals surface area contributed by atoms with E-state index in [1.54, 1.807) is 0 Å². The smallest absolute Gasteiger partial charge is 0.226 e. The average molecular weight is 310 g/mol. The summed E-state index contributed by atoms with van der Waals surface area (Å²) in [4.78, 5) is 25.4. The van der Waals surface area contributed by atoms with Crippen LogP contribution in [0.4, 0.5) is 5.69 Å². The number of piperidine rings is 1. The van der Waals surface area contributed by atoms with E-state index in [1.165, 1.54) is 0 Å². The lowest BCUT2D eigenvalue weighted by Crippen LogP contribution is -2.35. The molecule has 120 valence electrons. The molecular weight excluding hydrogens is 288 g/mol. The van der Waals surface area contributed by atoms with Gasteiger partial charge in [-0.1, -0.05) is 18.3 Å². The Morgan fingerprint density at radius 1 is 1.17 bits per heavy atom. The van der Waals surface area contributed by atoms with Gasteiger partial charge in [0.15, 0.2) is 0 Å². The van der Waals surface area contributed by atoms with Crippen LogP contribution in [0.3, 0.4) is 0 Å². The molecule has 0 bridgehead atoms. The number of amides is 2. The number of carbonyl (C=O) groups is 2. The molecule has 0 atom stereocenters. The minimum atomic E-state index is 0.129. The highest BCUT2D eigenvalue weighted by Gasteiger charge is 2.24. The van der Waals surface area contributed by atoms with Crippen molar-refractivity contribution in [2.45, 2.75) is 38.5 Å². The van der Waals surface area contributed by atoms with Gasteiger partial charge >= 0.3 is 0 Å². The van der Waals surface area contributed by atoms with Gasteiger partial charge in [-0.05, 0) is 49.9 Å². The second kappa shape index (κ2) is 7.32. The Labute approximate surface area is 137 Å². The molecule has 0 aromatic heterocycles. The Morgan fingerprint density at radius 3 is 2.61 bits per heavy atom. The number of nitrogens with one attached hydrogen (secondary N) is 1. The molecule has 1 saturated carbocycles. The van der Waals surface area contributed by atoms with Crippen LogP contribution < -0.4 is 10.2 Å². The molecule has 4 heteroatoms. The molecule has 0 radical (unpaired) electrons. The molecule has 1 aliphatic carbocycles. The zero-order valence-electron chi connectivity index (χ0n) is 13.3. The molecule has 2 amide bonds. The van der Waals surface area contributed by atoms with Crippen LogP contribution in [-0.4, -0.2) is 24.9 Å². The van der Waals surface area contributed by atoms with Crippen LogP contribution in [0.25, 0.3) is 0 Å². The predicted molar refractivity (Wildman–Crippen MR) is 89.9 cm³/mol. The van der Waals surface area contributed by atoms with Gasteiger partial charge in [0.05, 0.1) is 6.54 Å². The maximum Gasteiger partial charge on any atom is 0.226 e. The van der Waals surface area contributed by atoms with E-state index >= 15 is 0 Å². The first-order chi connectivity index (χ1) is 11.2. The summed E-state index contributed by atoms with van der Waals surface area (Å²) in [6, 6.07) is 7.75. The minimum absolute atomic E-state index is 0.129. The first-order valence-corrected chi connectivity index (χ1v) is 8.41. The largest absolute Gasteiger partial charge is 0.345 e. The fourth-order valence-corrected chi connectivity index (χ4v) is 2.90. The van der Waals surface area contributed by atoms with Gasteiger partial charge in [-0.3, -0.25) is 9.59 Å². The molecule has 0 spiro atoms. The highest BCUT2D eigenvalue weighted by atomic mass is 16.2. The molecule has 4 nitrogen and oxygen atoms in total. The first-order valence-electron chi connectivity index (χ1n) is 8.41. The highest BCUT2D eigenvalue weighted by Crippen LogP contribution is 2.26. The highest BCUT2D eigenvalue weighted by molar-refractivity contribution is 5.94. The summed E-state index contributed by atoms with van der Waals surface area (Å²) in [5.41, 5.74) is 1.84. The van der Waals surface area contributed by atoms with Gasteiger partial charge in [-0.25, -0.2) is 0 Å². The number of rotatable bonds is 3. The van der Waals surface area contributed by atoms with Crippen LogP contribution in [-0.2, 0) is 9.59 Å². The standard InChI is InChI=1S/C19H22N2O2/c22-18-8-1-2-14-21(18)17-11-9-15(10-12-17)5-4-13-20-19(23)16-6-3-7-16/h9-12,16H,1-3,6-8,13-14H2,(H,20,23). The van der Waals surface area contributed by atoms with Crippen molar-refractivity contribution in [2.75, 3.05) is 18.0 Å². The van der Waals surface area contributed by atoms with E-state index in [0.717, 1.165) is 49.9 Å². The second-order valence-electron chi connectivity index (χ2n) is 6.20. The van der Waals surface area contributed by atoms with Crippen LogP contribution in [0.1, 0.15) is 44.1 Å². The van der Waals surface area contributed by atoms with E-state index in [2.05, 4.69) is 17.2 Å². The summed E-state index contributed by atoms with van der Waals surface area (Å²) in [5.74, 6) is 6.57. The lowest BCUT2D eigenvalue weighted by atomic mass is 9.85. The molecule has 3 rings (SSSR count). The summed E-state index contributed by atoms with van der Waals surface area (Å²) in [6.07, 6.45) is 5.88. The molecule has 0 unspecified atom stereocenters. The quantitative estimate of drug-likeness (QED) is 0.872. The first kappa shape index (κ1) is 15.6. The van der Waals surface area contributed by atoms with Crippen molar-refractivity contribution >= 4 is 17.5 Å². The van der Waals surface area contributed by atoms with Gasteiger partial charge in [-0.15, -0.1) is 0 Å². The number of hydrogen-bond acceptors (Lipinski definition) is 2. The summed E-state index contributed by atoms with van der Waals surface area (Å²) in [7, 11) is 0. The third kappa shape index (κ3) is 3.92. The van der Waals surface area contributed by atoms with Crippen molar-refractivity contribution in [2.24, 2.45) is 5.92 Å². The third-order valence-corrected chi connectivity index (χ3v) is 4.56. The molecule has 23 heavy (non-hydrogen) atoms. The number of carbonyl (C=O) groups excluding carboxylic acids is 2. The van der Waals surface area contributed by atoms with Crippen LogP contribution in [0.5, 0.6) is 0 Å². The fraction of sp³-hybridized carbons (Fsp3) is 0.474. The van der Waals surface area contributed by atoms with E-state index in [4.69, 9.17) is 0 Å². The molecule has 1 saturated heterocycles. The van der Waals surface area contributed by atoms with Gasteiger partial charge in [0.2, 0.25) is 11.8 Å². The van der Waals surface area contributed by atoms with Crippen molar-refractivity contribution in [3.63, 3.8) is 0 Å². The maximum atomic E-state index is 11.9. The molecule has 1 aliphatic heterocycles. The summed E-state index contributed by atoms with van der Waals surface area (Å²) in [5, 5.41) is 2.86. The topological polar surface area (TPSA) is 49.4 Å². The number of anilines is 1. The van der Waals surface area contributed by atoms with Gasteiger partial charge in [0, 0.05) is 30.1 Å². The lowest BCUT2D eigenvalue weighted by molar-refractivity contribution is -0.127. The van der Waals surface area contributed by atoms with E-state index in [-0.39, 0.29) is 17.7 Å². The van der Waals surface area contributed by atoms with Crippen molar-refractivity contribution in [1.82, 2.24) is 5.32 Å². The predicted octanol–water partition coefficient (Wildman–Crippen LogP) is 2.47. The van der Waals surface area contributed by atoms with Gasteiger partial charge in [0.1, 0.15) is 0 Å². The molecule has 1 heterocycles. The van der Waals surface area contributed by atoms with Crippen molar-refractivity contribution in [3.05, 3.63) is 29.8 Å². The van der Waals surface area contributed by atoms with E-state index in [0.29, 0.717) is 13.0 Å². The van der Waals surface area contributed by atoms with E-state index < -0.39 is 0 Å². The third-order valence-electron chi connectivity index (χ3n) is 4.56. The van der Waals surface area contributed by atoms with Crippen LogP contribution in [0.15, 0.2) is 24.3 Å². The molecule has 1 aromatic rings. The van der Waals surface area contributed by atoms with Gasteiger partial charge in [0.25, 0.3) is 0 Å². The summed E-state index contributed by atoms with van der Waals surface area (Å²) >= 11 is 0. The Hall–Kier alpha value is -2.28. The Kier molecular flexibility index (Phi) is 4.97. The Morgan fingerprint density at radius 2 is 1.96 bits per heavy atom. The summed E-state index contributed by atoms with van der Waals surface area (Å²) < 4.78 is 0. The molecule has 2 aliphatic rings. The van der Waals surface area contributed by atoms with E-state index in [1.807, 2.05) is 29.2 Å². The Bertz CT molecular complexity index is 636. The second-order valence-corrected chi connectivity index (χ2v) is 6.20. The zero-order valence-corrected chi connectivity index (χ0v) is 13.3. The van der Waals surface area contributed by atoms with Crippen molar-refractivity contribution in [1.29, 1.82) is 0 Å². The zero-order chi connectivity index (χ0) is 16.1. The molecular formula is C19H22N2O2. The number of hydrogen-bond donors (Lipinski definition) is 1. The molecule has 1 aromatic carbocycles. The minimum Gasteiger partial charge on any atom is -0.345 e. The summed E-state index contributed by atoms with van der Waals surface area (Å²) in [6.45, 7) is 1.19. The van der Waals surface area contributed by atoms with Gasteiger partial charge in [-0.2, -0.15) is 0 Å². The average Bonchev–Trinajstić information content (AvgIpc) is 2.51. The molecule has 1 N–H and O–H groups in total. The monoisotopic (exact) mass is 310 g/mol. The Balaban J connectivity index is 1.52. The van der Waals surface area contributed by atoms with Crippen LogP contribution in [0.2, 0.25) is 0 Å². The normalized spacial score (nSPS) is 17.9. The van der Waals surface area contributed by atoms with Crippen molar-refractivity contribution < 1.29 is 9.59 Å². The maximum absolute atomic E-state index is 11.9. The van der Waals surface area contributed by atoms with E-state index in [9.17, 15) is 9.59 Å². The lowest BCUT2D eigenvalue weighted by Gasteiger charge is -2.26. The van der Waals surface area contributed by atoms with Gasteiger partial charge < -0.3 is 10.2 Å². The number of nitrogens with zero attached hydrogens (tertiary/aromatic N) is 1. The number of benzene rings is 1. The van der Waals surface area contributed by atoms with Crippen LogP contribution in [0, 0.1) is 17.8 Å². The SMILES string of the molecule is O=C(NCC#Cc1ccc(N2CCCCC2=O)cc1)C1CCC1. The molecule has 2 fully saturated rings. The van der Waals surface area contributed by atoms with Crippen molar-refractivity contribution in [3.8, 4) is 11.8 Å².